The summed E-state index contributed by atoms with van der Waals surface area (Å²) < 4.78 is 37.1. The lowest BCUT2D eigenvalue weighted by Crippen LogP contribution is -2.26. The van der Waals surface area contributed by atoms with Crippen LogP contribution in [0.15, 0.2) is 12.3 Å². The van der Waals surface area contributed by atoms with Crippen LogP contribution >= 0.6 is 11.6 Å². The number of ketones is 1. The Hall–Kier alpha value is -1.63. The van der Waals surface area contributed by atoms with Gasteiger partial charge in [0.1, 0.15) is 0 Å². The van der Waals surface area contributed by atoms with Crippen molar-refractivity contribution < 1.29 is 22.8 Å². The van der Waals surface area contributed by atoms with Crippen LogP contribution in [0.2, 0.25) is 5.02 Å². The van der Waals surface area contributed by atoms with Gasteiger partial charge in [-0.05, 0) is 6.07 Å². The molecule has 1 aromatic rings. The monoisotopic (exact) mass is 278 g/mol. The maximum absolute atomic E-state index is 12.4. The van der Waals surface area contributed by atoms with Gasteiger partial charge < -0.3 is 0 Å². The van der Waals surface area contributed by atoms with Gasteiger partial charge in [-0.25, -0.2) is 4.98 Å². The summed E-state index contributed by atoms with van der Waals surface area (Å²) in [4.78, 5) is 27.0. The predicted octanol–water partition coefficient (Wildman–Crippen LogP) is 2.06. The number of Topliss-reactive ketones (excluding diaryl/α,β-unsaturated/α-hetero) is 1. The fraction of sp³-hybridized carbons (Fsp3) is 0.300. The van der Waals surface area contributed by atoms with Crippen molar-refractivity contribution in [2.24, 2.45) is 0 Å². The first-order valence-corrected chi connectivity index (χ1v) is 5.21. The number of aromatic nitrogens is 1. The second-order valence-corrected chi connectivity index (χ2v) is 4.13. The van der Waals surface area contributed by atoms with Crippen LogP contribution in [0.1, 0.15) is 12.0 Å². The summed E-state index contributed by atoms with van der Waals surface area (Å²) in [6.07, 6.45) is -4.25. The van der Waals surface area contributed by atoms with Crippen LogP contribution in [-0.2, 0) is 15.8 Å². The maximum atomic E-state index is 12.4. The summed E-state index contributed by atoms with van der Waals surface area (Å²) in [7, 11) is 0. The smallest absolute Gasteiger partial charge is 0.297 e. The van der Waals surface area contributed by atoms with Gasteiger partial charge in [0.15, 0.2) is 11.6 Å². The van der Waals surface area contributed by atoms with Crippen LogP contribution in [0.4, 0.5) is 19.0 Å². The fourth-order valence-electron chi connectivity index (χ4n) is 1.56. The van der Waals surface area contributed by atoms with Crippen LogP contribution < -0.4 is 4.90 Å². The highest BCUT2D eigenvalue weighted by Crippen LogP contribution is 2.34. The summed E-state index contributed by atoms with van der Waals surface area (Å²) in [5.74, 6) is -0.965. The fourth-order valence-corrected chi connectivity index (χ4v) is 1.83. The molecule has 0 bridgehead atoms. The van der Waals surface area contributed by atoms with Crippen molar-refractivity contribution in [1.29, 1.82) is 0 Å². The Morgan fingerprint density at radius 3 is 2.44 bits per heavy atom. The standard InChI is InChI=1S/C10H6ClF3N2O2/c11-7-1-5(10(12,13)14)3-15-9(7)16-4-6(17)2-8(16)18/h1,3H,2,4H2. The van der Waals surface area contributed by atoms with Crippen molar-refractivity contribution in [2.75, 3.05) is 11.4 Å². The number of pyridine rings is 1. The molecule has 1 amide bonds. The zero-order valence-electron chi connectivity index (χ0n) is 8.79. The van der Waals surface area contributed by atoms with Gasteiger partial charge in [-0.15, -0.1) is 0 Å². The van der Waals surface area contributed by atoms with Crippen molar-refractivity contribution in [2.45, 2.75) is 12.6 Å². The molecule has 0 aromatic carbocycles. The van der Waals surface area contributed by atoms with E-state index in [4.69, 9.17) is 11.6 Å². The number of carbonyl (C=O) groups is 2. The zero-order valence-corrected chi connectivity index (χ0v) is 9.55. The summed E-state index contributed by atoms with van der Waals surface area (Å²) in [5, 5.41) is -0.312. The van der Waals surface area contributed by atoms with Crippen LogP contribution in [0, 0.1) is 0 Å². The average molecular weight is 279 g/mol. The lowest BCUT2D eigenvalue weighted by atomic mass is 10.2. The highest BCUT2D eigenvalue weighted by Gasteiger charge is 2.34. The van der Waals surface area contributed by atoms with Gasteiger partial charge >= 0.3 is 6.18 Å². The number of anilines is 1. The average Bonchev–Trinajstić information content (AvgIpc) is 2.56. The van der Waals surface area contributed by atoms with Gasteiger partial charge in [-0.3, -0.25) is 14.5 Å². The molecule has 0 radical (unpaired) electrons. The minimum Gasteiger partial charge on any atom is -0.297 e. The highest BCUT2D eigenvalue weighted by atomic mass is 35.5. The molecule has 18 heavy (non-hydrogen) atoms. The first-order valence-electron chi connectivity index (χ1n) is 4.84. The quantitative estimate of drug-likeness (QED) is 0.739. The summed E-state index contributed by atoms with van der Waals surface area (Å²) in [6, 6.07) is 0.681. The third-order valence-corrected chi connectivity index (χ3v) is 2.67. The van der Waals surface area contributed by atoms with Gasteiger partial charge in [0.05, 0.1) is 23.6 Å². The molecule has 0 saturated carbocycles. The molecule has 0 unspecified atom stereocenters. The molecular formula is C10H6ClF3N2O2. The van der Waals surface area contributed by atoms with E-state index in [0.717, 1.165) is 4.90 Å². The zero-order chi connectivity index (χ0) is 13.5. The van der Waals surface area contributed by atoms with Crippen LogP contribution in [0.3, 0.4) is 0 Å². The van der Waals surface area contributed by atoms with Crippen molar-refractivity contribution in [3.05, 3.63) is 22.8 Å². The number of amides is 1. The summed E-state index contributed by atoms with van der Waals surface area (Å²) in [6.45, 7) is -0.211. The van der Waals surface area contributed by atoms with Gasteiger partial charge in [-0.2, -0.15) is 13.2 Å². The molecule has 96 valence electrons. The first kappa shape index (κ1) is 12.8. The number of halogens is 4. The van der Waals surface area contributed by atoms with Crippen molar-refractivity contribution in [3.8, 4) is 0 Å². The van der Waals surface area contributed by atoms with Crippen molar-refractivity contribution in [1.82, 2.24) is 4.98 Å². The molecule has 0 aliphatic carbocycles. The van der Waals surface area contributed by atoms with Gasteiger partial charge in [0.2, 0.25) is 5.91 Å². The van der Waals surface area contributed by atoms with E-state index in [0.29, 0.717) is 12.3 Å². The normalized spacial score (nSPS) is 16.6. The minimum atomic E-state index is -4.56. The van der Waals surface area contributed by atoms with Crippen LogP contribution in [0.5, 0.6) is 0 Å². The molecule has 0 spiro atoms. The molecule has 1 saturated heterocycles. The predicted molar refractivity (Wildman–Crippen MR) is 56.2 cm³/mol. The molecule has 0 N–H and O–H groups in total. The third kappa shape index (κ3) is 2.31. The number of rotatable bonds is 1. The largest absolute Gasteiger partial charge is 0.417 e. The number of carbonyl (C=O) groups excluding carboxylic acids is 2. The summed E-state index contributed by atoms with van der Waals surface area (Å²) >= 11 is 5.66. The maximum Gasteiger partial charge on any atom is 0.417 e. The minimum absolute atomic E-state index is 0.125. The van der Waals surface area contributed by atoms with Crippen LogP contribution in [-0.4, -0.2) is 23.2 Å². The Morgan fingerprint density at radius 2 is 2.00 bits per heavy atom. The molecule has 2 heterocycles. The number of hydrogen-bond donors (Lipinski definition) is 0. The lowest BCUT2D eigenvalue weighted by molar-refractivity contribution is -0.137. The van der Waals surface area contributed by atoms with Gasteiger partial charge in [0, 0.05) is 6.20 Å². The van der Waals surface area contributed by atoms with E-state index in [2.05, 4.69) is 4.98 Å². The SMILES string of the molecule is O=C1CC(=O)N(c2ncc(C(F)(F)F)cc2Cl)C1. The van der Waals surface area contributed by atoms with Crippen molar-refractivity contribution in [3.63, 3.8) is 0 Å². The molecule has 1 aliphatic rings. The summed E-state index contributed by atoms with van der Waals surface area (Å²) in [5.41, 5.74) is -1.01. The van der Waals surface area contributed by atoms with Gasteiger partial charge in [-0.1, -0.05) is 11.6 Å². The third-order valence-electron chi connectivity index (χ3n) is 2.39. The van der Waals surface area contributed by atoms with Crippen LogP contribution in [0.25, 0.3) is 0 Å². The molecule has 0 atom stereocenters. The molecule has 8 heteroatoms. The first-order chi connectivity index (χ1) is 8.29. The van der Waals surface area contributed by atoms with Crippen molar-refractivity contribution >= 4 is 29.1 Å². The Bertz CT molecular complexity index is 530. The molecule has 2 rings (SSSR count). The molecule has 1 aliphatic heterocycles. The topological polar surface area (TPSA) is 50.3 Å². The number of nitrogens with zero attached hydrogens (tertiary/aromatic N) is 2. The number of alkyl halides is 3. The second-order valence-electron chi connectivity index (χ2n) is 3.72. The Morgan fingerprint density at radius 1 is 1.33 bits per heavy atom. The highest BCUT2D eigenvalue weighted by molar-refractivity contribution is 6.34. The van der Waals surface area contributed by atoms with E-state index in [1.165, 1.54) is 0 Å². The lowest BCUT2D eigenvalue weighted by Gasteiger charge is -2.16. The van der Waals surface area contributed by atoms with E-state index in [1.807, 2.05) is 0 Å². The Labute approximate surface area is 104 Å². The van der Waals surface area contributed by atoms with E-state index < -0.39 is 17.6 Å². The Balaban J connectivity index is 2.37. The second kappa shape index (κ2) is 4.24. The van der Waals surface area contributed by atoms with E-state index in [9.17, 15) is 22.8 Å². The molecular weight excluding hydrogens is 273 g/mol. The molecule has 1 fully saturated rings. The van der Waals surface area contributed by atoms with Gasteiger partial charge in [0.25, 0.3) is 0 Å². The molecule has 4 nitrogen and oxygen atoms in total. The van der Waals surface area contributed by atoms with E-state index in [-0.39, 0.29) is 29.6 Å². The van der Waals surface area contributed by atoms with E-state index in [1.54, 1.807) is 0 Å². The number of hydrogen-bond acceptors (Lipinski definition) is 3. The van der Waals surface area contributed by atoms with E-state index >= 15 is 0 Å². The Kier molecular flexibility index (Phi) is 3.02. The molecule has 1 aromatic heterocycles.